The predicted octanol–water partition coefficient (Wildman–Crippen LogP) is 3.52. The third-order valence-electron chi connectivity index (χ3n) is 4.36. The number of nitrogens with one attached hydrogen (secondary N) is 1. The number of carbonyl (C=O) groups excluding carboxylic acids is 1. The minimum Gasteiger partial charge on any atom is -0.354 e. The number of amides is 1. The third-order valence-corrected chi connectivity index (χ3v) is 5.65. The Balaban J connectivity index is 1.96. The molecule has 0 bridgehead atoms. The van der Waals surface area contributed by atoms with Gasteiger partial charge in [0, 0.05) is 41.5 Å². The van der Waals surface area contributed by atoms with Gasteiger partial charge in [0.2, 0.25) is 5.91 Å². The molecule has 2 rings (SSSR count). The largest absolute Gasteiger partial charge is 0.354 e. The number of pyridine rings is 1. The fourth-order valence-corrected chi connectivity index (χ4v) is 4.10. The van der Waals surface area contributed by atoms with Gasteiger partial charge in [0.05, 0.1) is 11.3 Å². The van der Waals surface area contributed by atoms with Crippen molar-refractivity contribution in [2.45, 2.75) is 31.6 Å². The fraction of sp³-hybridized carbons (Fsp3) is 0.500. The summed E-state index contributed by atoms with van der Waals surface area (Å²) in [7, 11) is 1.73. The molecule has 1 N–H and O–H groups in total. The average Bonchev–Trinajstić information content (AvgIpc) is 2.64. The summed E-state index contributed by atoms with van der Waals surface area (Å²) in [5.41, 5.74) is 0.715. The van der Waals surface area contributed by atoms with Crippen molar-refractivity contribution in [1.82, 2.24) is 14.8 Å². The molecule has 1 aromatic heterocycles. The van der Waals surface area contributed by atoms with Crippen LogP contribution in [-0.2, 0) is 11.8 Å². The lowest BCUT2D eigenvalue weighted by Gasteiger charge is -2.20. The Kier molecular flexibility index (Phi) is 8.67. The molecular weight excluding hydrogens is 382 g/mol. The van der Waals surface area contributed by atoms with Crippen molar-refractivity contribution in [3.8, 4) is 0 Å². The number of aryl methyl sites for hydroxylation is 1. The van der Waals surface area contributed by atoms with E-state index < -0.39 is 0 Å². The van der Waals surface area contributed by atoms with Crippen LogP contribution in [0.2, 0.25) is 5.02 Å². The summed E-state index contributed by atoms with van der Waals surface area (Å²) in [6.45, 7) is 7.94. The zero-order valence-corrected chi connectivity index (χ0v) is 17.8. The van der Waals surface area contributed by atoms with Gasteiger partial charge in [-0.3, -0.25) is 9.59 Å². The fourth-order valence-electron chi connectivity index (χ4n) is 3.04. The Morgan fingerprint density at radius 1 is 1.19 bits per heavy atom. The molecule has 148 valence electrons. The maximum Gasteiger partial charge on any atom is 0.251 e. The lowest BCUT2D eigenvalue weighted by atomic mass is 10.2. The number of hydrogen-bond acceptors (Lipinski definition) is 4. The Labute approximate surface area is 170 Å². The van der Waals surface area contributed by atoms with E-state index in [0.717, 1.165) is 48.3 Å². The highest BCUT2D eigenvalue weighted by Crippen LogP contribution is 2.28. The summed E-state index contributed by atoms with van der Waals surface area (Å²) in [5.74, 6) is 0.250. The molecule has 0 fully saturated rings. The second-order valence-corrected chi connectivity index (χ2v) is 8.00. The van der Waals surface area contributed by atoms with E-state index in [0.29, 0.717) is 11.6 Å². The quantitative estimate of drug-likeness (QED) is 0.610. The number of benzene rings is 1. The number of nitrogens with zero attached hydrogens (tertiary/aromatic N) is 2. The zero-order valence-electron chi connectivity index (χ0n) is 16.3. The maximum absolute atomic E-state index is 12.2. The molecule has 0 spiro atoms. The van der Waals surface area contributed by atoms with E-state index in [-0.39, 0.29) is 17.2 Å². The van der Waals surface area contributed by atoms with Gasteiger partial charge in [-0.25, -0.2) is 0 Å². The van der Waals surface area contributed by atoms with Crippen LogP contribution in [0.1, 0.15) is 26.7 Å². The molecule has 0 aliphatic carbocycles. The number of carbonyl (C=O) groups is 1. The number of rotatable bonds is 10. The number of aromatic nitrogens is 1. The first-order valence-electron chi connectivity index (χ1n) is 9.37. The molecule has 7 heteroatoms. The van der Waals surface area contributed by atoms with Crippen molar-refractivity contribution in [3.05, 3.63) is 39.6 Å². The molecule has 0 unspecified atom stereocenters. The van der Waals surface area contributed by atoms with E-state index >= 15 is 0 Å². The molecule has 1 heterocycles. The summed E-state index contributed by atoms with van der Waals surface area (Å²) in [5, 5.41) is 4.47. The third kappa shape index (κ3) is 6.26. The first kappa shape index (κ1) is 21.8. The monoisotopic (exact) mass is 409 g/mol. The van der Waals surface area contributed by atoms with Gasteiger partial charge in [-0.1, -0.05) is 25.4 Å². The van der Waals surface area contributed by atoms with Gasteiger partial charge in [-0.05, 0) is 44.1 Å². The van der Waals surface area contributed by atoms with E-state index in [1.807, 2.05) is 12.1 Å². The number of thioether (sulfide) groups is 1. The lowest BCUT2D eigenvalue weighted by Crippen LogP contribution is -2.36. The molecule has 27 heavy (non-hydrogen) atoms. The van der Waals surface area contributed by atoms with E-state index in [1.165, 1.54) is 11.8 Å². The van der Waals surface area contributed by atoms with Gasteiger partial charge >= 0.3 is 0 Å². The molecule has 5 nitrogen and oxygen atoms in total. The number of halogens is 1. The maximum atomic E-state index is 12.2. The first-order chi connectivity index (χ1) is 13.0. The minimum atomic E-state index is -0.0949. The van der Waals surface area contributed by atoms with Crippen LogP contribution >= 0.6 is 23.4 Å². The number of fused-ring (bicyclic) bond motifs is 1. The second-order valence-electron chi connectivity index (χ2n) is 6.55. The Morgan fingerprint density at radius 3 is 2.56 bits per heavy atom. The molecule has 0 saturated carbocycles. The Bertz CT molecular complexity index is 832. The summed E-state index contributed by atoms with van der Waals surface area (Å²) in [4.78, 5) is 27.5. The molecule has 0 aliphatic rings. The average molecular weight is 410 g/mol. The van der Waals surface area contributed by atoms with Crippen molar-refractivity contribution >= 4 is 40.2 Å². The van der Waals surface area contributed by atoms with Crippen LogP contribution in [0.3, 0.4) is 0 Å². The van der Waals surface area contributed by atoms with Gasteiger partial charge in [0.15, 0.2) is 0 Å². The molecular formula is C20H28ClN3O2S. The van der Waals surface area contributed by atoms with Crippen LogP contribution in [0.4, 0.5) is 0 Å². The molecule has 0 saturated heterocycles. The highest BCUT2D eigenvalue weighted by molar-refractivity contribution is 8.00. The summed E-state index contributed by atoms with van der Waals surface area (Å²) < 4.78 is 1.59. The highest BCUT2D eigenvalue weighted by atomic mass is 35.5. The van der Waals surface area contributed by atoms with Gasteiger partial charge < -0.3 is 14.8 Å². The molecule has 1 amide bonds. The van der Waals surface area contributed by atoms with Gasteiger partial charge in [-0.15, -0.1) is 11.8 Å². The summed E-state index contributed by atoms with van der Waals surface area (Å²) in [6.07, 6.45) is 2.23. The van der Waals surface area contributed by atoms with Crippen molar-refractivity contribution in [1.29, 1.82) is 0 Å². The molecule has 1 aromatic carbocycles. The molecule has 2 aromatic rings. The van der Waals surface area contributed by atoms with E-state index in [4.69, 9.17) is 11.6 Å². The Hall–Kier alpha value is -1.50. The lowest BCUT2D eigenvalue weighted by molar-refractivity contribution is -0.118. The topological polar surface area (TPSA) is 54.3 Å². The van der Waals surface area contributed by atoms with Crippen LogP contribution in [0.25, 0.3) is 10.9 Å². The van der Waals surface area contributed by atoms with Crippen LogP contribution in [0.5, 0.6) is 0 Å². The summed E-state index contributed by atoms with van der Waals surface area (Å²) >= 11 is 7.49. The van der Waals surface area contributed by atoms with Crippen LogP contribution in [-0.4, -0.2) is 47.3 Å². The van der Waals surface area contributed by atoms with E-state index in [9.17, 15) is 9.59 Å². The molecule has 0 radical (unpaired) electrons. The molecule has 0 atom stereocenters. The van der Waals surface area contributed by atoms with Gasteiger partial charge in [-0.2, -0.15) is 0 Å². The Morgan fingerprint density at radius 2 is 1.89 bits per heavy atom. The SMILES string of the molecule is CCCN(CCC)CCNC(=O)CSc1cc(=O)n(C)c2ccc(Cl)cc12. The van der Waals surface area contributed by atoms with Crippen LogP contribution in [0, 0.1) is 0 Å². The van der Waals surface area contributed by atoms with E-state index in [1.54, 1.807) is 23.7 Å². The van der Waals surface area contributed by atoms with Crippen molar-refractivity contribution in [2.75, 3.05) is 31.9 Å². The smallest absolute Gasteiger partial charge is 0.251 e. The summed E-state index contributed by atoms with van der Waals surface area (Å²) in [6, 6.07) is 7.01. The standard InChI is InChI=1S/C20H28ClN3O2S/c1-4-9-24(10-5-2)11-8-22-19(25)14-27-18-13-20(26)23(3)17-7-6-15(21)12-16(17)18/h6-7,12-13H,4-5,8-11,14H2,1-3H3,(H,22,25). The normalized spacial score (nSPS) is 11.3. The predicted molar refractivity (Wildman–Crippen MR) is 115 cm³/mol. The van der Waals surface area contributed by atoms with Crippen molar-refractivity contribution in [3.63, 3.8) is 0 Å². The van der Waals surface area contributed by atoms with Gasteiger partial charge in [0.1, 0.15) is 0 Å². The van der Waals surface area contributed by atoms with Gasteiger partial charge in [0.25, 0.3) is 5.56 Å². The second kappa shape index (κ2) is 10.7. The zero-order chi connectivity index (χ0) is 19.8. The van der Waals surface area contributed by atoms with Crippen LogP contribution in [0.15, 0.2) is 34.0 Å². The van der Waals surface area contributed by atoms with E-state index in [2.05, 4.69) is 24.1 Å². The number of hydrogen-bond donors (Lipinski definition) is 1. The van der Waals surface area contributed by atoms with Crippen molar-refractivity contribution in [2.24, 2.45) is 7.05 Å². The first-order valence-corrected chi connectivity index (χ1v) is 10.7. The van der Waals surface area contributed by atoms with Crippen molar-refractivity contribution < 1.29 is 4.79 Å². The van der Waals surface area contributed by atoms with Crippen LogP contribution < -0.4 is 10.9 Å². The minimum absolute atomic E-state index is 0.0243. The highest BCUT2D eigenvalue weighted by Gasteiger charge is 2.10. The molecule has 0 aliphatic heterocycles.